The Morgan fingerprint density at radius 3 is 2.14 bits per heavy atom. The van der Waals surface area contributed by atoms with Crippen molar-refractivity contribution >= 4 is 50.8 Å². The van der Waals surface area contributed by atoms with Gasteiger partial charge in [-0.3, -0.25) is 4.79 Å². The average Bonchev–Trinajstić information content (AvgIpc) is 3.09. The maximum atomic E-state index is 12.8. The summed E-state index contributed by atoms with van der Waals surface area (Å²) in [6, 6.07) is 13.4. The molecule has 150 valence electrons. The van der Waals surface area contributed by atoms with Crippen molar-refractivity contribution in [3.05, 3.63) is 70.5 Å². The first kappa shape index (κ1) is 20.1. The normalized spacial score (nSPS) is 17.2. The Kier molecular flexibility index (Phi) is 4.79. The minimum atomic E-state index is 0.0618. The number of ketones is 1. The molecule has 0 radical (unpaired) electrons. The minimum absolute atomic E-state index is 0.0618. The summed E-state index contributed by atoms with van der Waals surface area (Å²) in [5.74, 6) is 0.307. The van der Waals surface area contributed by atoms with Crippen LogP contribution in [0.2, 0.25) is 10.0 Å². The summed E-state index contributed by atoms with van der Waals surface area (Å²) in [7, 11) is 0. The summed E-state index contributed by atoms with van der Waals surface area (Å²) in [6.07, 6.45) is 3.72. The van der Waals surface area contributed by atoms with E-state index in [4.69, 9.17) is 23.2 Å². The molecule has 1 saturated carbocycles. The summed E-state index contributed by atoms with van der Waals surface area (Å²) < 4.78 is 0. The molecule has 1 aliphatic rings. The lowest BCUT2D eigenvalue weighted by atomic mass is 10.0. The molecule has 2 N–H and O–H groups in total. The van der Waals surface area contributed by atoms with Gasteiger partial charge in [0.2, 0.25) is 0 Å². The number of aromatic nitrogens is 2. The molecule has 0 saturated heterocycles. The molecule has 4 aromatic rings. The zero-order valence-corrected chi connectivity index (χ0v) is 18.4. The van der Waals surface area contributed by atoms with Gasteiger partial charge in [-0.15, -0.1) is 0 Å². The fourth-order valence-corrected chi connectivity index (χ4v) is 4.68. The molecule has 2 aromatic heterocycles. The Labute approximate surface area is 180 Å². The Bertz CT molecular complexity index is 1200. The highest BCUT2D eigenvalue weighted by Crippen LogP contribution is 2.69. The first-order valence-electron chi connectivity index (χ1n) is 9.66. The SMILES string of the molecule is CC1(C)C(C(=O)c2c[nH]c3ccc(Cl)cc23)C1(C)C.Clc1ccc2[nH]ccc2c1. The van der Waals surface area contributed by atoms with Crippen LogP contribution < -0.4 is 0 Å². The Morgan fingerprint density at radius 1 is 0.862 bits per heavy atom. The molecule has 0 aliphatic heterocycles. The van der Waals surface area contributed by atoms with Gasteiger partial charge in [-0.2, -0.15) is 0 Å². The van der Waals surface area contributed by atoms with E-state index in [9.17, 15) is 4.79 Å². The number of aromatic amines is 2. The van der Waals surface area contributed by atoms with Crippen LogP contribution in [0.15, 0.2) is 54.9 Å². The molecule has 0 amide bonds. The lowest BCUT2D eigenvalue weighted by Crippen LogP contribution is -2.06. The lowest BCUT2D eigenvalue weighted by Gasteiger charge is -2.03. The maximum Gasteiger partial charge on any atom is 0.169 e. The van der Waals surface area contributed by atoms with E-state index < -0.39 is 0 Å². The topological polar surface area (TPSA) is 48.6 Å². The summed E-state index contributed by atoms with van der Waals surface area (Å²) in [5.41, 5.74) is 2.98. The number of H-pyrrole nitrogens is 2. The zero-order valence-electron chi connectivity index (χ0n) is 16.9. The van der Waals surface area contributed by atoms with E-state index in [1.807, 2.05) is 54.9 Å². The van der Waals surface area contributed by atoms with Gasteiger partial charge < -0.3 is 9.97 Å². The van der Waals surface area contributed by atoms with Crippen molar-refractivity contribution in [1.82, 2.24) is 9.97 Å². The van der Waals surface area contributed by atoms with E-state index in [1.165, 1.54) is 0 Å². The predicted molar refractivity (Wildman–Crippen MR) is 122 cm³/mol. The van der Waals surface area contributed by atoms with Crippen LogP contribution in [0.4, 0.5) is 0 Å². The minimum Gasteiger partial charge on any atom is -0.361 e. The number of hydrogen-bond acceptors (Lipinski definition) is 1. The van der Waals surface area contributed by atoms with Crippen LogP contribution in [0.25, 0.3) is 21.8 Å². The van der Waals surface area contributed by atoms with Crippen molar-refractivity contribution < 1.29 is 4.79 Å². The molecule has 0 bridgehead atoms. The number of carbonyl (C=O) groups is 1. The number of rotatable bonds is 2. The molecular weight excluding hydrogens is 403 g/mol. The molecule has 5 heteroatoms. The zero-order chi connectivity index (χ0) is 21.0. The smallest absolute Gasteiger partial charge is 0.169 e. The number of nitrogens with one attached hydrogen (secondary N) is 2. The molecule has 0 spiro atoms. The van der Waals surface area contributed by atoms with Gasteiger partial charge in [0.15, 0.2) is 5.78 Å². The number of carbonyl (C=O) groups excluding carboxylic acids is 1. The van der Waals surface area contributed by atoms with Crippen molar-refractivity contribution in [2.24, 2.45) is 16.7 Å². The maximum absolute atomic E-state index is 12.8. The summed E-state index contributed by atoms with van der Waals surface area (Å²) in [4.78, 5) is 19.0. The first-order valence-corrected chi connectivity index (χ1v) is 10.4. The van der Waals surface area contributed by atoms with Crippen molar-refractivity contribution in [3.63, 3.8) is 0 Å². The highest BCUT2D eigenvalue weighted by molar-refractivity contribution is 6.31. The van der Waals surface area contributed by atoms with E-state index in [-0.39, 0.29) is 22.5 Å². The van der Waals surface area contributed by atoms with Crippen LogP contribution in [0.1, 0.15) is 38.1 Å². The number of hydrogen-bond donors (Lipinski definition) is 2. The summed E-state index contributed by atoms with van der Waals surface area (Å²) >= 11 is 11.8. The van der Waals surface area contributed by atoms with Gasteiger partial charge in [-0.05, 0) is 53.3 Å². The van der Waals surface area contributed by atoms with Crippen molar-refractivity contribution in [1.29, 1.82) is 0 Å². The number of benzene rings is 2. The molecule has 1 fully saturated rings. The van der Waals surface area contributed by atoms with Crippen LogP contribution in [0.3, 0.4) is 0 Å². The molecule has 2 heterocycles. The van der Waals surface area contributed by atoms with Crippen molar-refractivity contribution in [2.45, 2.75) is 27.7 Å². The molecule has 2 aromatic carbocycles. The molecule has 29 heavy (non-hydrogen) atoms. The van der Waals surface area contributed by atoms with E-state index >= 15 is 0 Å². The second-order valence-electron chi connectivity index (χ2n) is 8.84. The van der Waals surface area contributed by atoms with E-state index in [2.05, 4.69) is 37.7 Å². The van der Waals surface area contributed by atoms with E-state index in [0.29, 0.717) is 5.02 Å². The van der Waals surface area contributed by atoms with Gasteiger partial charge in [0.1, 0.15) is 0 Å². The second kappa shape index (κ2) is 6.93. The number of Topliss-reactive ketones (excluding diaryl/α,β-unsaturated/α-hetero) is 1. The third-order valence-electron chi connectivity index (χ3n) is 6.71. The van der Waals surface area contributed by atoms with Crippen LogP contribution in [-0.2, 0) is 0 Å². The van der Waals surface area contributed by atoms with E-state index in [1.54, 1.807) is 0 Å². The Hall–Kier alpha value is -2.23. The summed E-state index contributed by atoms with van der Waals surface area (Å²) in [6.45, 7) is 8.66. The molecule has 0 atom stereocenters. The fourth-order valence-electron chi connectivity index (χ4n) is 4.33. The van der Waals surface area contributed by atoms with Crippen molar-refractivity contribution in [2.75, 3.05) is 0 Å². The van der Waals surface area contributed by atoms with E-state index in [0.717, 1.165) is 32.4 Å². The average molecular weight is 427 g/mol. The van der Waals surface area contributed by atoms with Gasteiger partial charge in [0.05, 0.1) is 0 Å². The number of halogens is 2. The van der Waals surface area contributed by atoms with Gasteiger partial charge in [-0.1, -0.05) is 50.9 Å². The third kappa shape index (κ3) is 3.37. The quantitative estimate of drug-likeness (QED) is 0.320. The predicted octanol–water partition coefficient (Wildman–Crippen LogP) is 7.51. The lowest BCUT2D eigenvalue weighted by molar-refractivity contribution is 0.0947. The Morgan fingerprint density at radius 2 is 1.48 bits per heavy atom. The largest absolute Gasteiger partial charge is 0.361 e. The van der Waals surface area contributed by atoms with Crippen molar-refractivity contribution in [3.8, 4) is 0 Å². The molecule has 3 nitrogen and oxygen atoms in total. The monoisotopic (exact) mass is 426 g/mol. The van der Waals surface area contributed by atoms with Gasteiger partial charge in [0.25, 0.3) is 0 Å². The second-order valence-corrected chi connectivity index (χ2v) is 9.72. The van der Waals surface area contributed by atoms with Crippen LogP contribution >= 0.6 is 23.2 Å². The van der Waals surface area contributed by atoms with Crippen LogP contribution in [0.5, 0.6) is 0 Å². The molecule has 0 unspecified atom stereocenters. The molecule has 5 rings (SSSR count). The van der Waals surface area contributed by atoms with Crippen LogP contribution in [-0.4, -0.2) is 15.8 Å². The Balaban J connectivity index is 0.000000171. The standard InChI is InChI=1S/C16H18ClNO.C8H6ClN/c1-15(2)14(16(15,3)4)13(19)11-8-18-12-6-5-9(17)7-10(11)12;9-7-1-2-8-6(5-7)3-4-10-8/h5-8,14,18H,1-4H3;1-5,10H. The summed E-state index contributed by atoms with van der Waals surface area (Å²) in [5, 5.41) is 3.53. The van der Waals surface area contributed by atoms with Gasteiger partial charge >= 0.3 is 0 Å². The third-order valence-corrected chi connectivity index (χ3v) is 7.18. The number of fused-ring (bicyclic) bond motifs is 2. The fraction of sp³-hybridized carbons (Fsp3) is 0.292. The van der Waals surface area contributed by atoms with Gasteiger partial charge in [-0.25, -0.2) is 0 Å². The van der Waals surface area contributed by atoms with Gasteiger partial charge in [0, 0.05) is 55.7 Å². The van der Waals surface area contributed by atoms with Crippen LogP contribution in [0, 0.1) is 16.7 Å². The highest BCUT2D eigenvalue weighted by atomic mass is 35.5. The highest BCUT2D eigenvalue weighted by Gasteiger charge is 2.68. The molecule has 1 aliphatic carbocycles. The molecular formula is C24H24Cl2N2O. The first-order chi connectivity index (χ1) is 13.6.